The van der Waals surface area contributed by atoms with Gasteiger partial charge in [-0.25, -0.2) is 9.78 Å². The molecular formula is C17H19N3O3S. The fourth-order valence-electron chi connectivity index (χ4n) is 2.88. The topological polar surface area (TPSA) is 72.4 Å². The van der Waals surface area contributed by atoms with Gasteiger partial charge in [0, 0.05) is 30.6 Å². The van der Waals surface area contributed by atoms with Crippen LogP contribution in [0.1, 0.15) is 42.8 Å². The third-order valence-corrected chi connectivity index (χ3v) is 4.96. The third-order valence-electron chi connectivity index (χ3n) is 4.18. The Morgan fingerprint density at radius 3 is 2.62 bits per heavy atom. The minimum Gasteiger partial charge on any atom is -0.465 e. The van der Waals surface area contributed by atoms with Crippen LogP contribution in [0.25, 0.3) is 0 Å². The third kappa shape index (κ3) is 3.17. The van der Waals surface area contributed by atoms with Crippen molar-refractivity contribution >= 4 is 23.2 Å². The highest BCUT2D eigenvalue weighted by atomic mass is 32.1. The van der Waals surface area contributed by atoms with E-state index in [1.165, 1.54) is 18.4 Å². The summed E-state index contributed by atoms with van der Waals surface area (Å²) in [7, 11) is 1.36. The predicted octanol–water partition coefficient (Wildman–Crippen LogP) is 2.18. The van der Waals surface area contributed by atoms with E-state index in [1.807, 2.05) is 17.9 Å². The molecule has 6 nitrogen and oxygen atoms in total. The average Bonchev–Trinajstić information content (AvgIpc) is 2.90. The molecule has 0 radical (unpaired) electrons. The van der Waals surface area contributed by atoms with Crippen molar-refractivity contribution in [3.05, 3.63) is 44.7 Å². The summed E-state index contributed by atoms with van der Waals surface area (Å²) in [5.41, 5.74) is 3.61. The number of thiazole rings is 1. The van der Waals surface area contributed by atoms with Gasteiger partial charge < -0.3 is 9.64 Å². The molecule has 2 aromatic rings. The number of methoxy groups -OCH3 is 1. The number of rotatable bonds is 2. The summed E-state index contributed by atoms with van der Waals surface area (Å²) in [6, 6.07) is 1.85. The molecule has 0 atom stereocenters. The van der Waals surface area contributed by atoms with Crippen molar-refractivity contribution in [2.45, 2.75) is 26.7 Å². The molecule has 1 aliphatic rings. The normalized spacial score (nSPS) is 14.0. The molecule has 24 heavy (non-hydrogen) atoms. The molecule has 0 unspecified atom stereocenters. The fraction of sp³-hybridized carbons (Fsp3) is 0.412. The SMILES string of the molecule is COC(=O)c1cc2c(nc1C)CCN(C(=O)c1csc(C)n1)CC2. The Balaban J connectivity index is 1.82. The summed E-state index contributed by atoms with van der Waals surface area (Å²) in [5.74, 6) is -0.421. The predicted molar refractivity (Wildman–Crippen MR) is 90.5 cm³/mol. The lowest BCUT2D eigenvalue weighted by Crippen LogP contribution is -2.33. The van der Waals surface area contributed by atoms with Gasteiger partial charge in [0.2, 0.25) is 0 Å². The largest absolute Gasteiger partial charge is 0.465 e. The summed E-state index contributed by atoms with van der Waals surface area (Å²) in [6.07, 6.45) is 1.34. The molecule has 0 aliphatic carbocycles. The molecule has 0 aromatic carbocycles. The van der Waals surface area contributed by atoms with Crippen molar-refractivity contribution in [1.82, 2.24) is 14.9 Å². The van der Waals surface area contributed by atoms with Gasteiger partial charge in [-0.2, -0.15) is 0 Å². The number of aromatic nitrogens is 2. The van der Waals surface area contributed by atoms with E-state index in [4.69, 9.17) is 4.74 Å². The summed E-state index contributed by atoms with van der Waals surface area (Å²) >= 11 is 1.48. The number of esters is 1. The van der Waals surface area contributed by atoms with Gasteiger partial charge in [0.25, 0.3) is 5.91 Å². The summed E-state index contributed by atoms with van der Waals surface area (Å²) in [5, 5.41) is 2.68. The number of aryl methyl sites for hydroxylation is 2. The maximum absolute atomic E-state index is 12.6. The number of amides is 1. The zero-order valence-electron chi connectivity index (χ0n) is 14.0. The Bertz CT molecular complexity index is 800. The standard InChI is InChI=1S/C17H19N3O3S/c1-10-13(17(22)23-3)8-12-4-6-20(7-5-14(12)18-10)16(21)15-9-24-11(2)19-15/h8-9H,4-7H2,1-3H3. The molecule has 0 saturated carbocycles. The number of ether oxygens (including phenoxy) is 1. The van der Waals surface area contributed by atoms with Gasteiger partial charge in [-0.05, 0) is 31.9 Å². The first kappa shape index (κ1) is 16.6. The maximum atomic E-state index is 12.6. The molecule has 2 aromatic heterocycles. The highest BCUT2D eigenvalue weighted by Crippen LogP contribution is 2.20. The Kier molecular flexibility index (Phi) is 4.62. The van der Waals surface area contributed by atoms with Gasteiger partial charge in [0.05, 0.1) is 23.4 Å². The Morgan fingerprint density at radius 2 is 1.96 bits per heavy atom. The van der Waals surface area contributed by atoms with E-state index in [1.54, 1.807) is 12.3 Å². The molecular weight excluding hydrogens is 326 g/mol. The van der Waals surface area contributed by atoms with Crippen molar-refractivity contribution in [2.75, 3.05) is 20.2 Å². The first-order valence-corrected chi connectivity index (χ1v) is 8.66. The van der Waals surface area contributed by atoms with Crippen LogP contribution in [0.4, 0.5) is 0 Å². The van der Waals surface area contributed by atoms with E-state index >= 15 is 0 Å². The Labute approximate surface area is 144 Å². The molecule has 1 amide bonds. The van der Waals surface area contributed by atoms with E-state index < -0.39 is 0 Å². The molecule has 7 heteroatoms. The quantitative estimate of drug-likeness (QED) is 0.780. The molecule has 0 N–H and O–H groups in total. The van der Waals surface area contributed by atoms with Crippen LogP contribution >= 0.6 is 11.3 Å². The molecule has 1 aliphatic heterocycles. The van der Waals surface area contributed by atoms with Crippen LogP contribution in [0, 0.1) is 13.8 Å². The van der Waals surface area contributed by atoms with Gasteiger partial charge in [0.15, 0.2) is 0 Å². The van der Waals surface area contributed by atoms with Crippen molar-refractivity contribution in [1.29, 1.82) is 0 Å². The number of hydrogen-bond donors (Lipinski definition) is 0. The summed E-state index contributed by atoms with van der Waals surface area (Å²) in [4.78, 5) is 35.1. The fourth-order valence-corrected chi connectivity index (χ4v) is 3.47. The minimum atomic E-state index is -0.377. The van der Waals surface area contributed by atoms with E-state index in [0.717, 1.165) is 16.3 Å². The van der Waals surface area contributed by atoms with Crippen LogP contribution in [0.5, 0.6) is 0 Å². The Hall–Kier alpha value is -2.28. The van der Waals surface area contributed by atoms with Crippen LogP contribution in [0.15, 0.2) is 11.4 Å². The number of carbonyl (C=O) groups is 2. The van der Waals surface area contributed by atoms with Gasteiger partial charge in [-0.3, -0.25) is 9.78 Å². The second kappa shape index (κ2) is 6.68. The monoisotopic (exact) mass is 345 g/mol. The van der Waals surface area contributed by atoms with Crippen LogP contribution in [-0.2, 0) is 17.6 Å². The molecule has 0 bridgehead atoms. The van der Waals surface area contributed by atoms with Crippen molar-refractivity contribution in [3.63, 3.8) is 0 Å². The number of carbonyl (C=O) groups excluding carboxylic acids is 2. The highest BCUT2D eigenvalue weighted by Gasteiger charge is 2.23. The molecule has 0 spiro atoms. The lowest BCUT2D eigenvalue weighted by Gasteiger charge is -2.18. The highest BCUT2D eigenvalue weighted by molar-refractivity contribution is 7.09. The minimum absolute atomic E-state index is 0.0444. The van der Waals surface area contributed by atoms with Crippen LogP contribution in [-0.4, -0.2) is 46.9 Å². The first-order valence-electron chi connectivity index (χ1n) is 7.78. The molecule has 126 valence electrons. The van der Waals surface area contributed by atoms with Crippen molar-refractivity contribution in [2.24, 2.45) is 0 Å². The maximum Gasteiger partial charge on any atom is 0.339 e. The van der Waals surface area contributed by atoms with Gasteiger partial charge in [0.1, 0.15) is 5.69 Å². The second-order valence-corrected chi connectivity index (χ2v) is 6.82. The second-order valence-electron chi connectivity index (χ2n) is 5.76. The van der Waals surface area contributed by atoms with E-state index in [2.05, 4.69) is 9.97 Å². The smallest absolute Gasteiger partial charge is 0.339 e. The van der Waals surface area contributed by atoms with Crippen LogP contribution in [0.2, 0.25) is 0 Å². The number of pyridine rings is 1. The zero-order valence-corrected chi connectivity index (χ0v) is 14.8. The lowest BCUT2D eigenvalue weighted by molar-refractivity contribution is 0.0598. The molecule has 0 fully saturated rings. The number of hydrogen-bond acceptors (Lipinski definition) is 6. The zero-order chi connectivity index (χ0) is 17.3. The van der Waals surface area contributed by atoms with Crippen LogP contribution < -0.4 is 0 Å². The van der Waals surface area contributed by atoms with Gasteiger partial charge in [-0.1, -0.05) is 0 Å². The molecule has 3 heterocycles. The van der Waals surface area contributed by atoms with Gasteiger partial charge in [-0.15, -0.1) is 11.3 Å². The van der Waals surface area contributed by atoms with E-state index in [-0.39, 0.29) is 11.9 Å². The number of fused-ring (bicyclic) bond motifs is 1. The van der Waals surface area contributed by atoms with Gasteiger partial charge >= 0.3 is 5.97 Å². The average molecular weight is 345 g/mol. The van der Waals surface area contributed by atoms with Crippen molar-refractivity contribution in [3.8, 4) is 0 Å². The lowest BCUT2D eigenvalue weighted by atomic mass is 10.0. The van der Waals surface area contributed by atoms with E-state index in [9.17, 15) is 9.59 Å². The first-order chi connectivity index (χ1) is 11.5. The summed E-state index contributed by atoms with van der Waals surface area (Å²) in [6.45, 7) is 4.89. The Morgan fingerprint density at radius 1 is 1.21 bits per heavy atom. The van der Waals surface area contributed by atoms with E-state index in [0.29, 0.717) is 42.9 Å². The number of nitrogens with zero attached hydrogens (tertiary/aromatic N) is 3. The summed E-state index contributed by atoms with van der Waals surface area (Å²) < 4.78 is 4.81. The van der Waals surface area contributed by atoms with Crippen molar-refractivity contribution < 1.29 is 14.3 Å². The molecule has 0 saturated heterocycles. The molecule has 3 rings (SSSR count). The van der Waals surface area contributed by atoms with Crippen LogP contribution in [0.3, 0.4) is 0 Å².